The van der Waals surface area contributed by atoms with E-state index in [-0.39, 0.29) is 12.5 Å². The van der Waals surface area contributed by atoms with Gasteiger partial charge in [-0.15, -0.1) is 0 Å². The van der Waals surface area contributed by atoms with Crippen LogP contribution in [0.15, 0.2) is 54.6 Å². The summed E-state index contributed by atoms with van der Waals surface area (Å²) in [7, 11) is 0. The second-order valence-corrected chi connectivity index (χ2v) is 6.55. The molecule has 26 heavy (non-hydrogen) atoms. The van der Waals surface area contributed by atoms with Crippen molar-refractivity contribution in [2.45, 2.75) is 19.4 Å². The van der Waals surface area contributed by atoms with Crippen molar-refractivity contribution in [1.29, 1.82) is 0 Å². The van der Waals surface area contributed by atoms with E-state index in [9.17, 15) is 4.79 Å². The summed E-state index contributed by atoms with van der Waals surface area (Å²) in [5, 5.41) is 6.29. The Kier molecular flexibility index (Phi) is 6.90. The number of carbonyl (C=O) groups excluding carboxylic acids is 1. The summed E-state index contributed by atoms with van der Waals surface area (Å²) < 4.78 is 11.3. The lowest BCUT2D eigenvalue weighted by molar-refractivity contribution is -0.123. The highest BCUT2D eigenvalue weighted by Gasteiger charge is 2.13. The molecule has 2 aromatic rings. The average molecular weight is 354 g/mol. The molecule has 0 aliphatic carbocycles. The summed E-state index contributed by atoms with van der Waals surface area (Å²) in [4.78, 5) is 11.9. The third-order valence-electron chi connectivity index (χ3n) is 4.43. The number of benzene rings is 2. The number of nitrogens with one attached hydrogen (secondary N) is 2. The van der Waals surface area contributed by atoms with Gasteiger partial charge in [-0.1, -0.05) is 30.3 Å². The number of ether oxygens (including phenoxy) is 2. The first kappa shape index (κ1) is 18.3. The molecule has 1 saturated heterocycles. The Hall–Kier alpha value is -2.53. The molecule has 1 heterocycles. The van der Waals surface area contributed by atoms with Crippen LogP contribution in [0.1, 0.15) is 18.4 Å². The van der Waals surface area contributed by atoms with Crippen LogP contribution < -0.4 is 20.1 Å². The molecule has 1 fully saturated rings. The molecule has 1 aliphatic rings. The third-order valence-corrected chi connectivity index (χ3v) is 4.43. The van der Waals surface area contributed by atoms with Gasteiger partial charge in [0.15, 0.2) is 6.61 Å². The first-order valence-electron chi connectivity index (χ1n) is 9.16. The smallest absolute Gasteiger partial charge is 0.257 e. The molecule has 2 aromatic carbocycles. The van der Waals surface area contributed by atoms with E-state index in [0.717, 1.165) is 24.4 Å². The highest BCUT2D eigenvalue weighted by Crippen LogP contribution is 2.18. The van der Waals surface area contributed by atoms with Crippen molar-refractivity contribution in [3.8, 4) is 11.5 Å². The minimum Gasteiger partial charge on any atom is -0.489 e. The Morgan fingerprint density at radius 3 is 2.46 bits per heavy atom. The molecule has 0 radical (unpaired) electrons. The van der Waals surface area contributed by atoms with Gasteiger partial charge >= 0.3 is 0 Å². The van der Waals surface area contributed by atoms with E-state index in [1.807, 2.05) is 54.6 Å². The zero-order valence-electron chi connectivity index (χ0n) is 14.9. The molecule has 2 N–H and O–H groups in total. The van der Waals surface area contributed by atoms with E-state index in [1.165, 1.54) is 12.8 Å². The second-order valence-electron chi connectivity index (χ2n) is 6.55. The van der Waals surface area contributed by atoms with E-state index in [1.54, 1.807) is 0 Å². The van der Waals surface area contributed by atoms with Gasteiger partial charge < -0.3 is 20.1 Å². The van der Waals surface area contributed by atoms with Gasteiger partial charge in [0.1, 0.15) is 18.1 Å². The molecule has 1 unspecified atom stereocenters. The maximum absolute atomic E-state index is 11.9. The van der Waals surface area contributed by atoms with E-state index in [4.69, 9.17) is 9.47 Å². The van der Waals surface area contributed by atoms with Crippen molar-refractivity contribution in [1.82, 2.24) is 10.6 Å². The second kappa shape index (κ2) is 9.82. The van der Waals surface area contributed by atoms with Crippen LogP contribution in [0, 0.1) is 5.92 Å². The predicted molar refractivity (Wildman–Crippen MR) is 101 cm³/mol. The van der Waals surface area contributed by atoms with Crippen LogP contribution in [0.5, 0.6) is 11.5 Å². The number of hydrogen-bond acceptors (Lipinski definition) is 4. The quantitative estimate of drug-likeness (QED) is 0.765. The van der Waals surface area contributed by atoms with Gasteiger partial charge in [-0.25, -0.2) is 0 Å². The van der Waals surface area contributed by atoms with E-state index in [2.05, 4.69) is 10.6 Å². The van der Waals surface area contributed by atoms with Crippen molar-refractivity contribution in [3.63, 3.8) is 0 Å². The van der Waals surface area contributed by atoms with Gasteiger partial charge in [-0.2, -0.15) is 0 Å². The summed E-state index contributed by atoms with van der Waals surface area (Å²) in [5.74, 6) is 1.87. The van der Waals surface area contributed by atoms with Crippen molar-refractivity contribution in [3.05, 3.63) is 60.2 Å². The van der Waals surface area contributed by atoms with Crippen molar-refractivity contribution in [2.24, 2.45) is 5.92 Å². The summed E-state index contributed by atoms with van der Waals surface area (Å²) in [5.41, 5.74) is 1.12. The molecule has 3 rings (SSSR count). The molecule has 1 aliphatic heterocycles. The number of rotatable bonds is 8. The Balaban J connectivity index is 1.36. The molecular formula is C21H26N2O3. The number of piperidine rings is 1. The normalized spacial score (nSPS) is 16.7. The SMILES string of the molecule is O=C(COc1ccc(OCc2ccccc2)cc1)NCC1CCCNC1. The molecule has 0 saturated carbocycles. The Labute approximate surface area is 154 Å². The lowest BCUT2D eigenvalue weighted by Gasteiger charge is -2.22. The highest BCUT2D eigenvalue weighted by atomic mass is 16.5. The molecule has 1 atom stereocenters. The fourth-order valence-electron chi connectivity index (χ4n) is 2.93. The molecule has 0 bridgehead atoms. The van der Waals surface area contributed by atoms with Crippen molar-refractivity contribution >= 4 is 5.91 Å². The standard InChI is InChI=1S/C21H26N2O3/c24-21(23-14-18-7-4-12-22-13-18)16-26-20-10-8-19(9-11-20)25-15-17-5-2-1-3-6-17/h1-3,5-6,8-11,18,22H,4,7,12-16H2,(H,23,24). The zero-order valence-corrected chi connectivity index (χ0v) is 14.9. The van der Waals surface area contributed by atoms with Crippen LogP contribution in [0.25, 0.3) is 0 Å². The molecule has 1 amide bonds. The monoisotopic (exact) mass is 354 g/mol. The fourth-order valence-corrected chi connectivity index (χ4v) is 2.93. The van der Waals surface area contributed by atoms with Crippen LogP contribution in [0.2, 0.25) is 0 Å². The molecule has 5 heteroatoms. The summed E-state index contributed by atoms with van der Waals surface area (Å²) in [6.45, 7) is 3.33. The van der Waals surface area contributed by atoms with Gasteiger partial charge in [0.2, 0.25) is 0 Å². The van der Waals surface area contributed by atoms with Crippen molar-refractivity contribution < 1.29 is 14.3 Å². The first-order valence-corrected chi connectivity index (χ1v) is 9.16. The Morgan fingerprint density at radius 1 is 1.04 bits per heavy atom. The number of amides is 1. The molecule has 0 aromatic heterocycles. The topological polar surface area (TPSA) is 59.6 Å². The number of carbonyl (C=O) groups is 1. The largest absolute Gasteiger partial charge is 0.489 e. The Bertz CT molecular complexity index is 667. The molecular weight excluding hydrogens is 328 g/mol. The summed E-state index contributed by atoms with van der Waals surface area (Å²) >= 11 is 0. The van der Waals surface area contributed by atoms with Crippen LogP contribution >= 0.6 is 0 Å². The van der Waals surface area contributed by atoms with Gasteiger partial charge in [-0.05, 0) is 61.7 Å². The number of hydrogen-bond donors (Lipinski definition) is 2. The zero-order chi connectivity index (χ0) is 18.0. The molecule has 138 valence electrons. The van der Waals surface area contributed by atoms with Gasteiger partial charge in [0, 0.05) is 6.54 Å². The van der Waals surface area contributed by atoms with Gasteiger partial charge in [-0.3, -0.25) is 4.79 Å². The molecule has 5 nitrogen and oxygen atoms in total. The summed E-state index contributed by atoms with van der Waals surface area (Å²) in [6.07, 6.45) is 2.34. The maximum Gasteiger partial charge on any atom is 0.257 e. The lowest BCUT2D eigenvalue weighted by Crippen LogP contribution is -2.39. The van der Waals surface area contributed by atoms with Crippen LogP contribution in [-0.4, -0.2) is 32.1 Å². The van der Waals surface area contributed by atoms with E-state index >= 15 is 0 Å². The Morgan fingerprint density at radius 2 is 1.77 bits per heavy atom. The predicted octanol–water partition coefficient (Wildman–Crippen LogP) is 2.76. The first-order chi connectivity index (χ1) is 12.8. The minimum atomic E-state index is -0.0834. The minimum absolute atomic E-state index is 0.0321. The highest BCUT2D eigenvalue weighted by molar-refractivity contribution is 5.77. The van der Waals surface area contributed by atoms with Crippen LogP contribution in [0.4, 0.5) is 0 Å². The van der Waals surface area contributed by atoms with E-state index in [0.29, 0.717) is 24.8 Å². The molecule has 0 spiro atoms. The van der Waals surface area contributed by atoms with Crippen LogP contribution in [-0.2, 0) is 11.4 Å². The van der Waals surface area contributed by atoms with Gasteiger partial charge in [0.05, 0.1) is 0 Å². The van der Waals surface area contributed by atoms with Crippen molar-refractivity contribution in [2.75, 3.05) is 26.2 Å². The van der Waals surface area contributed by atoms with Crippen LogP contribution in [0.3, 0.4) is 0 Å². The average Bonchev–Trinajstić information content (AvgIpc) is 2.71. The van der Waals surface area contributed by atoms with E-state index < -0.39 is 0 Å². The van der Waals surface area contributed by atoms with Gasteiger partial charge in [0.25, 0.3) is 5.91 Å². The summed E-state index contributed by atoms with van der Waals surface area (Å²) in [6, 6.07) is 17.4. The lowest BCUT2D eigenvalue weighted by atomic mass is 10.00. The third kappa shape index (κ3) is 6.08. The fraction of sp³-hybridized carbons (Fsp3) is 0.381. The maximum atomic E-state index is 11.9.